The minimum absolute atomic E-state index is 0.00286. The SMILES string of the molecule is CCn1cc(CC(NN)C(OC)c2ccccc2)cn1. The van der Waals surface area contributed by atoms with E-state index >= 15 is 0 Å². The summed E-state index contributed by atoms with van der Waals surface area (Å²) in [6, 6.07) is 10.1. The maximum Gasteiger partial charge on any atom is 0.0990 e. The molecule has 1 heterocycles. The van der Waals surface area contributed by atoms with Crippen molar-refractivity contribution in [3.63, 3.8) is 0 Å². The lowest BCUT2D eigenvalue weighted by Gasteiger charge is -2.25. The Hall–Kier alpha value is -1.69. The Kier molecular flexibility index (Phi) is 5.29. The quantitative estimate of drug-likeness (QED) is 0.595. The van der Waals surface area contributed by atoms with Crippen LogP contribution < -0.4 is 11.3 Å². The first kappa shape index (κ1) is 14.7. The van der Waals surface area contributed by atoms with Crippen LogP contribution in [0.15, 0.2) is 42.7 Å². The Labute approximate surface area is 119 Å². The molecule has 0 saturated heterocycles. The smallest absolute Gasteiger partial charge is 0.0990 e. The molecule has 108 valence electrons. The first-order valence-corrected chi connectivity index (χ1v) is 6.83. The van der Waals surface area contributed by atoms with Gasteiger partial charge in [-0.15, -0.1) is 0 Å². The number of rotatable bonds is 7. The highest BCUT2D eigenvalue weighted by atomic mass is 16.5. The van der Waals surface area contributed by atoms with Crippen molar-refractivity contribution in [3.05, 3.63) is 53.9 Å². The van der Waals surface area contributed by atoms with Gasteiger partial charge in [0.05, 0.1) is 18.3 Å². The van der Waals surface area contributed by atoms with Gasteiger partial charge in [-0.1, -0.05) is 30.3 Å². The average Bonchev–Trinajstić information content (AvgIpc) is 2.96. The van der Waals surface area contributed by atoms with Gasteiger partial charge in [-0.2, -0.15) is 5.10 Å². The molecule has 0 amide bonds. The predicted molar refractivity (Wildman–Crippen MR) is 78.9 cm³/mol. The van der Waals surface area contributed by atoms with E-state index in [0.29, 0.717) is 0 Å². The standard InChI is InChI=1S/C15H22N4O/c1-3-19-11-12(10-17-19)9-14(18-16)15(20-2)13-7-5-4-6-8-13/h4-8,10-11,14-15,18H,3,9,16H2,1-2H3. The fraction of sp³-hybridized carbons (Fsp3) is 0.400. The monoisotopic (exact) mass is 274 g/mol. The third kappa shape index (κ3) is 3.45. The van der Waals surface area contributed by atoms with Crippen LogP contribution in [0, 0.1) is 0 Å². The molecular weight excluding hydrogens is 252 g/mol. The molecule has 0 spiro atoms. The van der Waals surface area contributed by atoms with Crippen LogP contribution in [0.3, 0.4) is 0 Å². The first-order chi connectivity index (χ1) is 9.78. The number of hydrogen-bond acceptors (Lipinski definition) is 4. The van der Waals surface area contributed by atoms with E-state index in [1.165, 1.54) is 0 Å². The molecule has 1 aromatic heterocycles. The minimum Gasteiger partial charge on any atom is -0.375 e. The van der Waals surface area contributed by atoms with Crippen molar-refractivity contribution in [1.82, 2.24) is 15.2 Å². The molecule has 2 rings (SSSR count). The van der Waals surface area contributed by atoms with Gasteiger partial charge < -0.3 is 4.74 Å². The van der Waals surface area contributed by atoms with Crippen LogP contribution in [0.1, 0.15) is 24.2 Å². The lowest BCUT2D eigenvalue weighted by atomic mass is 9.98. The van der Waals surface area contributed by atoms with Crippen LogP contribution in [0.5, 0.6) is 0 Å². The molecule has 0 aliphatic rings. The summed E-state index contributed by atoms with van der Waals surface area (Å²) in [5.74, 6) is 5.72. The van der Waals surface area contributed by atoms with Crippen molar-refractivity contribution in [2.24, 2.45) is 5.84 Å². The minimum atomic E-state index is -0.0915. The van der Waals surface area contributed by atoms with Crippen molar-refractivity contribution in [2.45, 2.75) is 32.0 Å². The summed E-state index contributed by atoms with van der Waals surface area (Å²) in [6.07, 6.45) is 4.60. The van der Waals surface area contributed by atoms with Gasteiger partial charge in [-0.3, -0.25) is 16.0 Å². The highest BCUT2D eigenvalue weighted by Crippen LogP contribution is 2.22. The third-order valence-electron chi connectivity index (χ3n) is 3.43. The Morgan fingerprint density at radius 3 is 2.65 bits per heavy atom. The summed E-state index contributed by atoms with van der Waals surface area (Å²) >= 11 is 0. The Morgan fingerprint density at radius 1 is 1.35 bits per heavy atom. The van der Waals surface area contributed by atoms with Gasteiger partial charge in [-0.25, -0.2) is 0 Å². The molecular formula is C15H22N4O. The molecule has 2 atom stereocenters. The normalized spacial score (nSPS) is 14.2. The van der Waals surface area contributed by atoms with Gasteiger partial charge in [0.1, 0.15) is 0 Å². The second-order valence-corrected chi connectivity index (χ2v) is 4.75. The molecule has 0 aliphatic carbocycles. The van der Waals surface area contributed by atoms with Crippen molar-refractivity contribution in [3.8, 4) is 0 Å². The van der Waals surface area contributed by atoms with Gasteiger partial charge in [-0.05, 0) is 24.5 Å². The Balaban J connectivity index is 2.13. The molecule has 2 aromatic rings. The van der Waals surface area contributed by atoms with E-state index in [4.69, 9.17) is 10.6 Å². The van der Waals surface area contributed by atoms with E-state index in [-0.39, 0.29) is 12.1 Å². The number of nitrogens with two attached hydrogens (primary N) is 1. The maximum atomic E-state index is 5.72. The largest absolute Gasteiger partial charge is 0.375 e. The number of hydrazine groups is 1. The average molecular weight is 274 g/mol. The molecule has 5 nitrogen and oxygen atoms in total. The highest BCUT2D eigenvalue weighted by molar-refractivity contribution is 5.20. The summed E-state index contributed by atoms with van der Waals surface area (Å²) in [7, 11) is 1.71. The van der Waals surface area contributed by atoms with Gasteiger partial charge in [0.2, 0.25) is 0 Å². The van der Waals surface area contributed by atoms with Crippen molar-refractivity contribution >= 4 is 0 Å². The predicted octanol–water partition coefficient (Wildman–Crippen LogP) is 1.67. The van der Waals surface area contributed by atoms with E-state index in [2.05, 4.69) is 17.4 Å². The molecule has 1 aromatic carbocycles. The fourth-order valence-electron chi connectivity index (χ4n) is 2.37. The second-order valence-electron chi connectivity index (χ2n) is 4.75. The lowest BCUT2D eigenvalue weighted by molar-refractivity contribution is 0.0678. The summed E-state index contributed by atoms with van der Waals surface area (Å²) < 4.78 is 7.53. The number of hydrogen-bond donors (Lipinski definition) is 2. The molecule has 0 fully saturated rings. The van der Waals surface area contributed by atoms with Gasteiger partial charge >= 0.3 is 0 Å². The maximum absolute atomic E-state index is 5.72. The third-order valence-corrected chi connectivity index (χ3v) is 3.43. The molecule has 0 radical (unpaired) electrons. The van der Waals surface area contributed by atoms with Crippen LogP contribution in [-0.2, 0) is 17.7 Å². The van der Waals surface area contributed by atoms with Gasteiger partial charge in [0.15, 0.2) is 0 Å². The Morgan fingerprint density at radius 2 is 2.10 bits per heavy atom. The summed E-state index contributed by atoms with van der Waals surface area (Å²) in [6.45, 7) is 2.94. The van der Waals surface area contributed by atoms with Crippen LogP contribution in [-0.4, -0.2) is 22.9 Å². The zero-order chi connectivity index (χ0) is 14.4. The van der Waals surface area contributed by atoms with Crippen LogP contribution in [0.4, 0.5) is 0 Å². The topological polar surface area (TPSA) is 65.1 Å². The van der Waals surface area contributed by atoms with Crippen molar-refractivity contribution in [1.29, 1.82) is 0 Å². The van der Waals surface area contributed by atoms with Crippen LogP contribution in [0.25, 0.3) is 0 Å². The van der Waals surface area contributed by atoms with Crippen LogP contribution in [0.2, 0.25) is 0 Å². The van der Waals surface area contributed by atoms with Crippen molar-refractivity contribution in [2.75, 3.05) is 7.11 Å². The van der Waals surface area contributed by atoms with Crippen LogP contribution >= 0.6 is 0 Å². The van der Waals surface area contributed by atoms with Crippen molar-refractivity contribution < 1.29 is 4.74 Å². The highest BCUT2D eigenvalue weighted by Gasteiger charge is 2.22. The molecule has 0 saturated carbocycles. The molecule has 5 heteroatoms. The first-order valence-electron chi connectivity index (χ1n) is 6.83. The molecule has 2 unspecified atom stereocenters. The summed E-state index contributed by atoms with van der Waals surface area (Å²) in [4.78, 5) is 0. The Bertz CT molecular complexity index is 512. The zero-order valence-corrected chi connectivity index (χ0v) is 12.0. The van der Waals surface area contributed by atoms with E-state index in [0.717, 1.165) is 24.1 Å². The lowest BCUT2D eigenvalue weighted by Crippen LogP contribution is -2.42. The number of aromatic nitrogens is 2. The number of aryl methyl sites for hydroxylation is 1. The number of ether oxygens (including phenoxy) is 1. The molecule has 3 N–H and O–H groups in total. The molecule has 0 bridgehead atoms. The number of methoxy groups -OCH3 is 1. The second kappa shape index (κ2) is 7.19. The summed E-state index contributed by atoms with van der Waals surface area (Å²) in [5, 5.41) is 4.29. The number of benzene rings is 1. The van der Waals surface area contributed by atoms with E-state index < -0.39 is 0 Å². The summed E-state index contributed by atoms with van der Waals surface area (Å²) in [5.41, 5.74) is 5.12. The van der Waals surface area contributed by atoms with Gasteiger partial charge in [0.25, 0.3) is 0 Å². The number of nitrogens with zero attached hydrogens (tertiary/aromatic N) is 2. The fourth-order valence-corrected chi connectivity index (χ4v) is 2.37. The van der Waals surface area contributed by atoms with E-state index in [1.54, 1.807) is 7.11 Å². The van der Waals surface area contributed by atoms with E-state index in [9.17, 15) is 0 Å². The molecule has 20 heavy (non-hydrogen) atoms. The van der Waals surface area contributed by atoms with Gasteiger partial charge in [0, 0.05) is 19.9 Å². The molecule has 0 aliphatic heterocycles. The zero-order valence-electron chi connectivity index (χ0n) is 12.0. The van der Waals surface area contributed by atoms with E-state index in [1.807, 2.05) is 47.4 Å². The number of nitrogens with one attached hydrogen (secondary N) is 1.